The van der Waals surface area contributed by atoms with Gasteiger partial charge in [0.25, 0.3) is 0 Å². The molecule has 130 valence electrons. The molecule has 5 nitrogen and oxygen atoms in total. The summed E-state index contributed by atoms with van der Waals surface area (Å²) >= 11 is 0. The molecule has 0 aliphatic heterocycles. The van der Waals surface area contributed by atoms with Crippen LogP contribution in [0.3, 0.4) is 0 Å². The number of nitrogens with one attached hydrogen (secondary N) is 1. The smallest absolute Gasteiger partial charge is 0.239 e. The molecule has 0 unspecified atom stereocenters. The van der Waals surface area contributed by atoms with Crippen molar-refractivity contribution in [2.75, 3.05) is 11.1 Å². The van der Waals surface area contributed by atoms with Gasteiger partial charge in [-0.25, -0.2) is 8.42 Å². The van der Waals surface area contributed by atoms with E-state index in [4.69, 9.17) is 0 Å². The largest absolute Gasteiger partial charge is 0.346 e. The van der Waals surface area contributed by atoms with Crippen molar-refractivity contribution in [2.24, 2.45) is 0 Å². The summed E-state index contributed by atoms with van der Waals surface area (Å²) in [5, 5.41) is 3.28. The molecule has 0 saturated heterocycles. The molecule has 0 aliphatic rings. The number of hydrogen-bond donors (Lipinski definition) is 1. The SMILES string of the molecule is CCCn1cc(S(=O)(=O)CC(=O)Nc2ccccc2)c2ccccc21. The topological polar surface area (TPSA) is 68.2 Å². The summed E-state index contributed by atoms with van der Waals surface area (Å²) in [5.41, 5.74) is 1.45. The van der Waals surface area contributed by atoms with Crippen LogP contribution >= 0.6 is 0 Å². The highest BCUT2D eigenvalue weighted by molar-refractivity contribution is 7.92. The molecule has 6 heteroatoms. The number of sulfone groups is 1. The quantitative estimate of drug-likeness (QED) is 0.735. The lowest BCUT2D eigenvalue weighted by Gasteiger charge is -2.05. The zero-order chi connectivity index (χ0) is 17.9. The van der Waals surface area contributed by atoms with Crippen LogP contribution in [0.5, 0.6) is 0 Å². The van der Waals surface area contributed by atoms with Crippen LogP contribution in [0.4, 0.5) is 5.69 Å². The van der Waals surface area contributed by atoms with Crippen LogP contribution in [0.1, 0.15) is 13.3 Å². The van der Waals surface area contributed by atoms with Crippen molar-refractivity contribution in [3.8, 4) is 0 Å². The van der Waals surface area contributed by atoms with E-state index in [1.54, 1.807) is 36.5 Å². The Morgan fingerprint density at radius 2 is 1.72 bits per heavy atom. The second-order valence-corrected chi connectivity index (χ2v) is 7.84. The molecule has 3 aromatic rings. The number of nitrogens with zero attached hydrogens (tertiary/aromatic N) is 1. The van der Waals surface area contributed by atoms with E-state index in [0.29, 0.717) is 11.1 Å². The number of benzene rings is 2. The Labute approximate surface area is 147 Å². The number of rotatable bonds is 6. The molecule has 0 fully saturated rings. The zero-order valence-electron chi connectivity index (χ0n) is 14.0. The van der Waals surface area contributed by atoms with Crippen LogP contribution in [-0.2, 0) is 21.2 Å². The second kappa shape index (κ2) is 7.11. The number of aromatic nitrogens is 1. The minimum atomic E-state index is -3.74. The summed E-state index contributed by atoms with van der Waals surface area (Å²) in [7, 11) is -3.74. The minimum absolute atomic E-state index is 0.208. The van der Waals surface area contributed by atoms with E-state index >= 15 is 0 Å². The highest BCUT2D eigenvalue weighted by Gasteiger charge is 2.24. The fourth-order valence-electron chi connectivity index (χ4n) is 2.86. The highest BCUT2D eigenvalue weighted by atomic mass is 32.2. The van der Waals surface area contributed by atoms with Crippen LogP contribution in [0.15, 0.2) is 65.7 Å². The number of hydrogen-bond acceptors (Lipinski definition) is 3. The number of carbonyl (C=O) groups is 1. The minimum Gasteiger partial charge on any atom is -0.346 e. The molecule has 0 atom stereocenters. The summed E-state index contributed by atoms with van der Waals surface area (Å²) in [6, 6.07) is 16.2. The average molecular weight is 356 g/mol. The lowest BCUT2D eigenvalue weighted by Crippen LogP contribution is -2.22. The molecular formula is C19H20N2O3S. The molecule has 0 radical (unpaired) electrons. The van der Waals surface area contributed by atoms with Crippen LogP contribution in [0, 0.1) is 0 Å². The van der Waals surface area contributed by atoms with E-state index in [9.17, 15) is 13.2 Å². The van der Waals surface area contributed by atoms with Gasteiger partial charge in [0, 0.05) is 29.3 Å². The normalized spacial score (nSPS) is 11.6. The number of carbonyl (C=O) groups excluding carboxylic acids is 1. The summed E-state index contributed by atoms with van der Waals surface area (Å²) in [4.78, 5) is 12.4. The fraction of sp³-hybridized carbons (Fsp3) is 0.211. The first kappa shape index (κ1) is 17.2. The molecule has 0 saturated carbocycles. The maximum absolute atomic E-state index is 12.8. The van der Waals surface area contributed by atoms with Gasteiger partial charge in [-0.05, 0) is 24.6 Å². The molecule has 1 N–H and O–H groups in total. The van der Waals surface area contributed by atoms with Gasteiger partial charge < -0.3 is 9.88 Å². The lowest BCUT2D eigenvalue weighted by atomic mass is 10.2. The molecule has 3 rings (SSSR count). The standard InChI is InChI=1S/C19H20N2O3S/c1-2-12-21-13-18(16-10-6-7-11-17(16)21)25(23,24)14-19(22)20-15-8-4-3-5-9-15/h3-11,13H,2,12,14H2,1H3,(H,20,22). The van der Waals surface area contributed by atoms with Crippen LogP contribution < -0.4 is 5.32 Å². The Balaban J connectivity index is 1.90. The zero-order valence-corrected chi connectivity index (χ0v) is 14.8. The van der Waals surface area contributed by atoms with Gasteiger partial charge in [-0.1, -0.05) is 43.3 Å². The van der Waals surface area contributed by atoms with Crippen molar-refractivity contribution in [1.29, 1.82) is 0 Å². The van der Waals surface area contributed by atoms with Gasteiger partial charge >= 0.3 is 0 Å². The van der Waals surface area contributed by atoms with Crippen molar-refractivity contribution in [3.63, 3.8) is 0 Å². The predicted octanol–water partition coefficient (Wildman–Crippen LogP) is 3.46. The van der Waals surface area contributed by atoms with Gasteiger partial charge in [0.1, 0.15) is 5.75 Å². The van der Waals surface area contributed by atoms with Gasteiger partial charge in [0.15, 0.2) is 9.84 Å². The van der Waals surface area contributed by atoms with E-state index in [1.807, 2.05) is 35.8 Å². The van der Waals surface area contributed by atoms with Crippen LogP contribution in [-0.4, -0.2) is 24.6 Å². The monoisotopic (exact) mass is 356 g/mol. The van der Waals surface area contributed by atoms with E-state index in [-0.39, 0.29) is 4.90 Å². The van der Waals surface area contributed by atoms with Crippen molar-refractivity contribution in [3.05, 3.63) is 60.8 Å². The fourth-order valence-corrected chi connectivity index (χ4v) is 4.22. The van der Waals surface area contributed by atoms with Crippen LogP contribution in [0.25, 0.3) is 10.9 Å². The second-order valence-electron chi connectivity index (χ2n) is 5.88. The summed E-state index contributed by atoms with van der Waals surface area (Å²) in [6.07, 6.45) is 2.53. The Bertz CT molecular complexity index is 992. The molecule has 1 amide bonds. The van der Waals surface area contributed by atoms with E-state index < -0.39 is 21.5 Å². The maximum Gasteiger partial charge on any atom is 0.239 e. The highest BCUT2D eigenvalue weighted by Crippen LogP contribution is 2.26. The lowest BCUT2D eigenvalue weighted by molar-refractivity contribution is -0.113. The summed E-state index contributed by atoms with van der Waals surface area (Å²) in [6.45, 7) is 2.77. The van der Waals surface area contributed by atoms with Gasteiger partial charge in [-0.15, -0.1) is 0 Å². The van der Waals surface area contributed by atoms with E-state index in [0.717, 1.165) is 18.5 Å². The van der Waals surface area contributed by atoms with Gasteiger partial charge in [0.05, 0.1) is 4.90 Å². The van der Waals surface area contributed by atoms with E-state index in [1.165, 1.54) is 0 Å². The number of amides is 1. The van der Waals surface area contributed by atoms with Crippen LogP contribution in [0.2, 0.25) is 0 Å². The number of fused-ring (bicyclic) bond motifs is 1. The summed E-state index contributed by atoms with van der Waals surface area (Å²) < 4.78 is 27.5. The molecule has 0 bridgehead atoms. The van der Waals surface area contributed by atoms with E-state index in [2.05, 4.69) is 5.32 Å². The third-order valence-corrected chi connectivity index (χ3v) is 5.57. The predicted molar refractivity (Wildman–Crippen MR) is 99.4 cm³/mol. The first-order valence-electron chi connectivity index (χ1n) is 8.17. The Morgan fingerprint density at radius 1 is 1.04 bits per heavy atom. The summed E-state index contributed by atoms with van der Waals surface area (Å²) in [5.74, 6) is -1.12. The van der Waals surface area contributed by atoms with Gasteiger partial charge in [-0.3, -0.25) is 4.79 Å². The third kappa shape index (κ3) is 3.74. The Kier molecular flexibility index (Phi) is 4.90. The van der Waals surface area contributed by atoms with Crippen molar-refractivity contribution in [2.45, 2.75) is 24.8 Å². The van der Waals surface area contributed by atoms with Crippen molar-refractivity contribution < 1.29 is 13.2 Å². The van der Waals surface area contributed by atoms with Gasteiger partial charge in [0.2, 0.25) is 5.91 Å². The number of anilines is 1. The Morgan fingerprint density at radius 3 is 2.44 bits per heavy atom. The molecule has 0 aliphatic carbocycles. The number of para-hydroxylation sites is 2. The molecular weight excluding hydrogens is 336 g/mol. The molecule has 1 aromatic heterocycles. The molecule has 0 spiro atoms. The molecule has 25 heavy (non-hydrogen) atoms. The third-order valence-electron chi connectivity index (χ3n) is 3.93. The van der Waals surface area contributed by atoms with Crippen molar-refractivity contribution in [1.82, 2.24) is 4.57 Å². The first-order valence-corrected chi connectivity index (χ1v) is 9.82. The molecule has 1 heterocycles. The van der Waals surface area contributed by atoms with Crippen molar-refractivity contribution >= 4 is 32.3 Å². The van der Waals surface area contributed by atoms with Gasteiger partial charge in [-0.2, -0.15) is 0 Å². The molecule has 2 aromatic carbocycles. The number of aryl methyl sites for hydroxylation is 1. The first-order chi connectivity index (χ1) is 12.0. The maximum atomic E-state index is 12.8. The average Bonchev–Trinajstić information content (AvgIpc) is 2.95. The Hall–Kier alpha value is -2.60.